The van der Waals surface area contributed by atoms with Crippen LogP contribution in [-0.4, -0.2) is 50.9 Å². The molecule has 11 nitrogen and oxygen atoms in total. The first-order valence-corrected chi connectivity index (χ1v) is 8.23. The number of nitrogens with zero attached hydrogens (tertiary/aromatic N) is 7. The Hall–Kier alpha value is -3.47. The normalized spacial score (nSPS) is 15.2. The van der Waals surface area contributed by atoms with Crippen molar-refractivity contribution >= 4 is 17.1 Å². The van der Waals surface area contributed by atoms with E-state index in [0.29, 0.717) is 13.1 Å². The van der Waals surface area contributed by atoms with E-state index in [-0.39, 0.29) is 11.4 Å². The summed E-state index contributed by atoms with van der Waals surface area (Å²) in [6.07, 6.45) is 3.57. The van der Waals surface area contributed by atoms with Gasteiger partial charge in [0, 0.05) is 38.1 Å². The highest BCUT2D eigenvalue weighted by Gasteiger charge is 2.20. The molecule has 0 amide bonds. The summed E-state index contributed by atoms with van der Waals surface area (Å²) < 4.78 is 0. The van der Waals surface area contributed by atoms with Crippen molar-refractivity contribution in [2.75, 3.05) is 26.2 Å². The number of non-ortho nitro benzene ring substituents is 1. The molecule has 0 radical (unpaired) electrons. The SMILES string of the molecule is O=[N+]([O-])c1ccc(N=NN2CCN(Cc3cccnc3)CC2)c([N+](=O)[O-])c1. The van der Waals surface area contributed by atoms with Gasteiger partial charge >= 0.3 is 5.69 Å². The van der Waals surface area contributed by atoms with Gasteiger partial charge in [0.1, 0.15) is 0 Å². The van der Waals surface area contributed by atoms with Gasteiger partial charge in [-0.1, -0.05) is 11.3 Å². The number of benzene rings is 1. The monoisotopic (exact) mass is 371 g/mol. The molecule has 11 heteroatoms. The van der Waals surface area contributed by atoms with Crippen LogP contribution in [-0.2, 0) is 6.54 Å². The van der Waals surface area contributed by atoms with Crippen LogP contribution in [0.3, 0.4) is 0 Å². The maximum atomic E-state index is 11.1. The smallest absolute Gasteiger partial charge is 0.295 e. The second-order valence-corrected chi connectivity index (χ2v) is 5.97. The van der Waals surface area contributed by atoms with Crippen molar-refractivity contribution in [1.82, 2.24) is 14.9 Å². The molecule has 1 aromatic heterocycles. The zero-order chi connectivity index (χ0) is 19.2. The summed E-state index contributed by atoms with van der Waals surface area (Å²) in [6, 6.07) is 7.22. The molecule has 1 aromatic carbocycles. The molecule has 1 aliphatic rings. The van der Waals surface area contributed by atoms with Crippen molar-refractivity contribution in [3.05, 3.63) is 68.5 Å². The number of hydrogen-bond acceptors (Lipinski definition) is 8. The average Bonchev–Trinajstić information content (AvgIpc) is 2.68. The number of nitro groups is 2. The summed E-state index contributed by atoms with van der Waals surface area (Å²) in [5, 5.41) is 31.6. The molecular formula is C16H17N7O4. The number of piperazine rings is 1. The van der Waals surface area contributed by atoms with Crippen LogP contribution in [0, 0.1) is 20.2 Å². The minimum Gasteiger partial charge on any atom is -0.295 e. The zero-order valence-corrected chi connectivity index (χ0v) is 14.3. The zero-order valence-electron chi connectivity index (χ0n) is 14.3. The van der Waals surface area contributed by atoms with Crippen molar-refractivity contribution in [1.29, 1.82) is 0 Å². The first-order chi connectivity index (χ1) is 13.0. The van der Waals surface area contributed by atoms with Crippen molar-refractivity contribution in [2.24, 2.45) is 10.3 Å². The van der Waals surface area contributed by atoms with Crippen LogP contribution in [0.2, 0.25) is 0 Å². The molecule has 0 atom stereocenters. The van der Waals surface area contributed by atoms with Crippen LogP contribution in [0.15, 0.2) is 53.1 Å². The Balaban J connectivity index is 1.61. The Morgan fingerprint density at radius 2 is 1.85 bits per heavy atom. The first kappa shape index (κ1) is 18.3. The van der Waals surface area contributed by atoms with Gasteiger partial charge in [0.2, 0.25) is 0 Å². The molecule has 3 rings (SSSR count). The molecule has 1 fully saturated rings. The predicted molar refractivity (Wildman–Crippen MR) is 95.4 cm³/mol. The number of hydrogen-bond donors (Lipinski definition) is 0. The molecule has 0 bridgehead atoms. The highest BCUT2D eigenvalue weighted by molar-refractivity contribution is 5.61. The van der Waals surface area contributed by atoms with E-state index in [4.69, 9.17) is 0 Å². The lowest BCUT2D eigenvalue weighted by atomic mass is 10.2. The van der Waals surface area contributed by atoms with E-state index >= 15 is 0 Å². The van der Waals surface area contributed by atoms with Gasteiger partial charge in [-0.05, 0) is 17.7 Å². The summed E-state index contributed by atoms with van der Waals surface area (Å²) in [6.45, 7) is 3.61. The van der Waals surface area contributed by atoms with Gasteiger partial charge in [0.05, 0.1) is 29.0 Å². The molecule has 140 valence electrons. The van der Waals surface area contributed by atoms with E-state index in [1.165, 1.54) is 12.1 Å². The lowest BCUT2D eigenvalue weighted by Gasteiger charge is -2.32. The van der Waals surface area contributed by atoms with Crippen LogP contribution in [0.4, 0.5) is 17.1 Å². The third-order valence-corrected chi connectivity index (χ3v) is 4.12. The lowest BCUT2D eigenvalue weighted by Crippen LogP contribution is -2.43. The number of pyridine rings is 1. The minimum absolute atomic E-state index is 0.0108. The fourth-order valence-electron chi connectivity index (χ4n) is 2.70. The van der Waals surface area contributed by atoms with E-state index < -0.39 is 15.5 Å². The van der Waals surface area contributed by atoms with Gasteiger partial charge in [-0.25, -0.2) is 0 Å². The van der Waals surface area contributed by atoms with E-state index in [9.17, 15) is 20.2 Å². The lowest BCUT2D eigenvalue weighted by molar-refractivity contribution is -0.393. The van der Waals surface area contributed by atoms with Crippen molar-refractivity contribution in [2.45, 2.75) is 6.54 Å². The third-order valence-electron chi connectivity index (χ3n) is 4.12. The summed E-state index contributed by atoms with van der Waals surface area (Å²) >= 11 is 0. The Kier molecular flexibility index (Phi) is 5.61. The minimum atomic E-state index is -0.701. The Morgan fingerprint density at radius 1 is 1.07 bits per heavy atom. The maximum Gasteiger partial charge on any atom is 0.303 e. The highest BCUT2D eigenvalue weighted by Crippen LogP contribution is 2.31. The molecular weight excluding hydrogens is 354 g/mol. The van der Waals surface area contributed by atoms with E-state index in [1.54, 1.807) is 11.2 Å². The van der Waals surface area contributed by atoms with Crippen molar-refractivity contribution in [3.63, 3.8) is 0 Å². The van der Waals surface area contributed by atoms with Gasteiger partial charge in [-0.3, -0.25) is 35.1 Å². The highest BCUT2D eigenvalue weighted by atomic mass is 16.6. The molecule has 27 heavy (non-hydrogen) atoms. The standard InChI is InChI=1S/C16H17N7O4/c24-22(25)14-3-4-15(16(10-14)23(26)27)18-19-21-8-6-20(7-9-21)12-13-2-1-5-17-11-13/h1-5,10-11H,6-9,12H2. The summed E-state index contributed by atoms with van der Waals surface area (Å²) in [5.74, 6) is 0. The number of rotatable bonds is 6. The van der Waals surface area contributed by atoms with E-state index in [0.717, 1.165) is 31.3 Å². The first-order valence-electron chi connectivity index (χ1n) is 8.23. The topological polar surface area (TPSA) is 130 Å². The van der Waals surface area contributed by atoms with Crippen molar-refractivity contribution in [3.8, 4) is 0 Å². The Labute approximate surface area is 154 Å². The second-order valence-electron chi connectivity index (χ2n) is 5.97. The van der Waals surface area contributed by atoms with Crippen LogP contribution in [0.1, 0.15) is 5.56 Å². The molecule has 0 spiro atoms. The molecule has 0 N–H and O–H groups in total. The molecule has 1 saturated heterocycles. The number of aromatic nitrogens is 1. The van der Waals surface area contributed by atoms with Gasteiger partial charge in [-0.15, -0.1) is 5.11 Å². The Bertz CT molecular complexity index is 851. The molecule has 0 aliphatic carbocycles. The molecule has 2 heterocycles. The molecule has 2 aromatic rings. The molecule has 0 unspecified atom stereocenters. The van der Waals surface area contributed by atoms with Crippen LogP contribution in [0.25, 0.3) is 0 Å². The van der Waals surface area contributed by atoms with Gasteiger partial charge in [-0.2, -0.15) is 0 Å². The predicted octanol–water partition coefficient (Wildman–Crippen LogP) is 2.71. The third kappa shape index (κ3) is 4.79. The quantitative estimate of drug-likeness (QED) is 0.433. The average molecular weight is 371 g/mol. The summed E-state index contributed by atoms with van der Waals surface area (Å²) in [4.78, 5) is 26.9. The fourth-order valence-corrected chi connectivity index (χ4v) is 2.70. The van der Waals surface area contributed by atoms with E-state index in [1.807, 2.05) is 18.3 Å². The second kappa shape index (κ2) is 8.27. The summed E-state index contributed by atoms with van der Waals surface area (Å²) in [7, 11) is 0. The molecule has 0 saturated carbocycles. The van der Waals surface area contributed by atoms with Crippen LogP contribution >= 0.6 is 0 Å². The molecule has 1 aliphatic heterocycles. The largest absolute Gasteiger partial charge is 0.303 e. The van der Waals surface area contributed by atoms with E-state index in [2.05, 4.69) is 20.2 Å². The van der Waals surface area contributed by atoms with Gasteiger partial charge in [0.15, 0.2) is 5.69 Å². The van der Waals surface area contributed by atoms with Gasteiger partial charge in [0.25, 0.3) is 5.69 Å². The summed E-state index contributed by atoms with van der Waals surface area (Å²) in [5.41, 5.74) is 0.324. The Morgan fingerprint density at radius 3 is 2.48 bits per heavy atom. The van der Waals surface area contributed by atoms with Crippen LogP contribution in [0.5, 0.6) is 0 Å². The van der Waals surface area contributed by atoms with Gasteiger partial charge < -0.3 is 0 Å². The van der Waals surface area contributed by atoms with Crippen LogP contribution < -0.4 is 0 Å². The fraction of sp³-hybridized carbons (Fsp3) is 0.312. The number of nitro benzene ring substituents is 2. The maximum absolute atomic E-state index is 11.1. The van der Waals surface area contributed by atoms with Crippen molar-refractivity contribution < 1.29 is 9.85 Å².